The van der Waals surface area contributed by atoms with Crippen molar-refractivity contribution < 1.29 is 89.4 Å². The molecular formula is C81H112N4O19P2. The van der Waals surface area contributed by atoms with E-state index in [4.69, 9.17) is 59.4 Å². The van der Waals surface area contributed by atoms with E-state index in [1.54, 1.807) is 0 Å². The van der Waals surface area contributed by atoms with Crippen molar-refractivity contribution in [3.63, 3.8) is 0 Å². The smallest absolute Gasteiger partial charge is 0.462 e. The van der Waals surface area contributed by atoms with Crippen LogP contribution >= 0.6 is 15.6 Å². The lowest BCUT2D eigenvalue weighted by Gasteiger charge is -2.21. The summed E-state index contributed by atoms with van der Waals surface area (Å²) < 4.78 is 80.0. The lowest BCUT2D eigenvalue weighted by atomic mass is 10.1. The van der Waals surface area contributed by atoms with E-state index in [-0.39, 0.29) is 51.5 Å². The first-order valence-electron chi connectivity index (χ1n) is 37.2. The number of carbonyl (C=O) groups is 5. The number of hydrogen-bond acceptors (Lipinski definition) is 17. The average molecular weight is 1510 g/mol. The van der Waals surface area contributed by atoms with Gasteiger partial charge in [-0.3, -0.25) is 27.7 Å². The quantitative estimate of drug-likeness (QED) is 0.0108. The van der Waals surface area contributed by atoms with Gasteiger partial charge >= 0.3 is 45.8 Å². The van der Waals surface area contributed by atoms with Gasteiger partial charge in [0.05, 0.1) is 64.9 Å². The summed E-state index contributed by atoms with van der Waals surface area (Å²) >= 11 is 0. The fourth-order valence-electron chi connectivity index (χ4n) is 9.52. The molecule has 4 amide bonds. The summed E-state index contributed by atoms with van der Waals surface area (Å²) in [5.74, 6) is 46.5. The Balaban J connectivity index is 5.78. The summed E-state index contributed by atoms with van der Waals surface area (Å²) in [5.41, 5.74) is 0. The molecule has 0 heterocycles. The Bertz CT molecular complexity index is 3160. The number of hydrogen-bond donors (Lipinski definition) is 6. The van der Waals surface area contributed by atoms with Crippen molar-refractivity contribution in [3.8, 4) is 143 Å². The second-order valence-electron chi connectivity index (χ2n) is 24.1. The largest absolute Gasteiger partial charge is 0.472 e. The number of urea groups is 1. The van der Waals surface area contributed by atoms with Gasteiger partial charge in [-0.25, -0.2) is 23.5 Å². The molecule has 0 fully saturated rings. The fraction of sp³-hybridized carbons (Fsp3) is 0.642. The molecule has 0 saturated heterocycles. The number of alkyl carbamates (subject to hydrolysis) is 2. The minimum Gasteiger partial charge on any atom is -0.462 e. The van der Waals surface area contributed by atoms with E-state index in [1.165, 1.54) is 64.2 Å². The van der Waals surface area contributed by atoms with Crippen LogP contribution < -0.4 is 21.3 Å². The molecule has 0 aliphatic carbocycles. The first kappa shape index (κ1) is 97.6. The van der Waals surface area contributed by atoms with Crippen LogP contribution in [0.1, 0.15) is 246 Å². The molecule has 2 unspecified atom stereocenters. The van der Waals surface area contributed by atoms with E-state index in [0.717, 1.165) is 116 Å². The van der Waals surface area contributed by atoms with Crippen LogP contribution in [0.15, 0.2) is 0 Å². The zero-order valence-electron chi connectivity index (χ0n) is 62.8. The Morgan fingerprint density at radius 3 is 0.972 bits per heavy atom. The van der Waals surface area contributed by atoms with Gasteiger partial charge in [-0.05, 0) is 97.7 Å². The highest BCUT2D eigenvalue weighted by atomic mass is 31.2. The molecule has 0 rings (SSSR count). The standard InChI is InChI=1S/C81H112N4O19P2/c1-7-13-19-25-29-33-37-41-47-53-63-97-80(89)84-73(69-95-65-59-75(55-49-43-23-17-11-5)103-77(86)57-51-45-39-35-31-27-21-15-9-3)71-101-105(91,92)99-67-61-82-79(88)83-62-68-100-106(93,94)102-72-74(85-81(90)98-64-54-48-42-38-34-30-26-20-14-8-2)70-96-66-60-76(56-50-44-24-18-12-6)104-78(87)58-52-46-40-36-32-28-22-16-10-4/h1-2,73-76H,9-12,15-18,21-24,27-28,31-32,35-36,39-40,43-46,49-52,55-62,65-72H2,3-6H3,(H,84,89)(H,85,90)(H,91,92)(H,93,94)(H2,82,83,88)/t73-,74-,75-,76-/m1/s1. The molecule has 580 valence electrons. The van der Waals surface area contributed by atoms with Crippen molar-refractivity contribution in [2.45, 2.75) is 270 Å². The zero-order chi connectivity index (χ0) is 77.8. The van der Waals surface area contributed by atoms with Gasteiger partial charge in [0, 0.05) is 98.0 Å². The number of phosphoric acid groups is 2. The number of amides is 4. The zero-order valence-corrected chi connectivity index (χ0v) is 64.6. The first-order chi connectivity index (χ1) is 51.5. The van der Waals surface area contributed by atoms with Crippen LogP contribution in [0.3, 0.4) is 0 Å². The molecule has 0 saturated carbocycles. The van der Waals surface area contributed by atoms with Gasteiger partial charge in [0.1, 0.15) is 24.4 Å². The number of rotatable bonds is 60. The number of unbranched alkanes of at least 4 members (excludes halogenated alkanes) is 24. The highest BCUT2D eigenvalue weighted by molar-refractivity contribution is 7.47. The summed E-state index contributed by atoms with van der Waals surface area (Å²) in [6.45, 7) is 5.28. The maximum atomic E-state index is 13.0. The maximum Gasteiger partial charge on any atom is 0.472 e. The van der Waals surface area contributed by atoms with Crippen LogP contribution in [0.4, 0.5) is 14.4 Å². The normalized spacial score (nSPS) is 12.1. The van der Waals surface area contributed by atoms with Crippen molar-refractivity contribution in [2.75, 3.05) is 65.9 Å². The summed E-state index contributed by atoms with van der Waals surface area (Å²) in [6, 6.07) is -3.06. The van der Waals surface area contributed by atoms with Crippen LogP contribution in [-0.4, -0.2) is 130 Å². The van der Waals surface area contributed by atoms with E-state index >= 15 is 0 Å². The molecular weight excluding hydrogens is 1390 g/mol. The van der Waals surface area contributed by atoms with Crippen LogP contribution in [0.5, 0.6) is 0 Å². The van der Waals surface area contributed by atoms with E-state index in [9.17, 15) is 42.9 Å². The van der Waals surface area contributed by atoms with Crippen molar-refractivity contribution >= 4 is 45.8 Å². The summed E-state index contributed by atoms with van der Waals surface area (Å²) in [4.78, 5) is 85.4. The average Bonchev–Trinajstić information content (AvgIpc) is 0.919. The molecule has 23 nitrogen and oxygen atoms in total. The van der Waals surface area contributed by atoms with E-state index in [1.807, 2.05) is 0 Å². The van der Waals surface area contributed by atoms with Crippen LogP contribution in [-0.2, 0) is 65.2 Å². The highest BCUT2D eigenvalue weighted by Crippen LogP contribution is 2.44. The topological polar surface area (TPSA) is 300 Å². The van der Waals surface area contributed by atoms with Gasteiger partial charge in [-0.2, -0.15) is 0 Å². The number of terminal acetylenes is 2. The number of phosphoric ester groups is 2. The van der Waals surface area contributed by atoms with Gasteiger partial charge in [0.2, 0.25) is 0 Å². The first-order valence-corrected chi connectivity index (χ1v) is 40.2. The number of ether oxygens (including phenoxy) is 6. The minimum atomic E-state index is -4.86. The molecule has 6 N–H and O–H groups in total. The van der Waals surface area contributed by atoms with E-state index in [0.29, 0.717) is 38.5 Å². The maximum absolute atomic E-state index is 13.0. The van der Waals surface area contributed by atoms with E-state index < -0.39 is 84.6 Å². The second kappa shape index (κ2) is 72.2. The monoisotopic (exact) mass is 1510 g/mol. The molecule has 0 spiro atoms. The van der Waals surface area contributed by atoms with Gasteiger partial charge in [0.25, 0.3) is 0 Å². The highest BCUT2D eigenvalue weighted by Gasteiger charge is 2.27. The third-order valence-electron chi connectivity index (χ3n) is 15.0. The molecule has 0 radical (unpaired) electrons. The Morgan fingerprint density at radius 1 is 0.358 bits per heavy atom. The van der Waals surface area contributed by atoms with Crippen LogP contribution in [0.2, 0.25) is 0 Å². The predicted octanol–water partition coefficient (Wildman–Crippen LogP) is 13.2. The summed E-state index contributed by atoms with van der Waals surface area (Å²) in [5, 5.41) is 9.69. The van der Waals surface area contributed by atoms with Gasteiger partial charge in [0.15, 0.2) is 0 Å². The fourth-order valence-corrected chi connectivity index (χ4v) is 11.1. The Morgan fingerprint density at radius 2 is 0.651 bits per heavy atom. The molecule has 6 atom stereocenters. The van der Waals surface area contributed by atoms with Crippen molar-refractivity contribution in [3.05, 3.63) is 0 Å². The van der Waals surface area contributed by atoms with Gasteiger partial charge < -0.3 is 59.5 Å². The molecule has 25 heteroatoms. The molecule has 0 aromatic carbocycles. The van der Waals surface area contributed by atoms with Crippen LogP contribution in [0.25, 0.3) is 0 Å². The van der Waals surface area contributed by atoms with Crippen LogP contribution in [0, 0.1) is 143 Å². The number of nitrogens with one attached hydrogen (secondary N) is 4. The molecule has 0 aliphatic heterocycles. The molecule has 0 bridgehead atoms. The molecule has 0 aromatic heterocycles. The Kier molecular flexibility index (Phi) is 66.5. The SMILES string of the molecule is C#CC#CC#CC#CC#CC#COC(=O)N[C@H](COCC[C@@H](CCCCCCC)OC(=O)CCCCCCCCCCC)COP(=O)(O)OCCNC(=O)NCCOP(=O)(O)OC[C@@H](COCC[C@@H](CCCCCCC)OC(=O)CCCCCCCCCCC)NC(=O)OC#CC#CC#CC#CC#CC#C. The van der Waals surface area contributed by atoms with Crippen molar-refractivity contribution in [1.29, 1.82) is 0 Å². The van der Waals surface area contributed by atoms with Gasteiger partial charge in [-0.1, -0.05) is 182 Å². The molecule has 0 aliphatic rings. The third kappa shape index (κ3) is 68.7. The Hall–Kier alpha value is -8.39. The van der Waals surface area contributed by atoms with E-state index in [2.05, 4.69) is 180 Å². The number of esters is 2. The number of carbonyl (C=O) groups excluding carboxylic acids is 5. The summed E-state index contributed by atoms with van der Waals surface area (Å²) in [6.07, 6.45) is 44.1. The second-order valence-corrected chi connectivity index (χ2v) is 27.0. The minimum absolute atomic E-state index is 0.0877. The van der Waals surface area contributed by atoms with Gasteiger partial charge in [-0.15, -0.1) is 12.8 Å². The lowest BCUT2D eigenvalue weighted by Crippen LogP contribution is -2.41. The lowest BCUT2D eigenvalue weighted by molar-refractivity contribution is -0.151. The Labute approximate surface area is 633 Å². The third-order valence-corrected chi connectivity index (χ3v) is 16.9. The molecule has 106 heavy (non-hydrogen) atoms. The summed E-state index contributed by atoms with van der Waals surface area (Å²) in [7, 11) is -9.72. The van der Waals surface area contributed by atoms with Crippen molar-refractivity contribution in [2.24, 2.45) is 0 Å². The van der Waals surface area contributed by atoms with Crippen molar-refractivity contribution in [1.82, 2.24) is 21.3 Å². The predicted molar refractivity (Wildman–Crippen MR) is 408 cm³/mol. The molecule has 0 aromatic rings.